The average Bonchev–Trinajstić information content (AvgIpc) is 2.25. The number of hydrogen-bond acceptors (Lipinski definition) is 5. The highest BCUT2D eigenvalue weighted by Crippen LogP contribution is 2.18. The van der Waals surface area contributed by atoms with Gasteiger partial charge in [0.05, 0.1) is 20.3 Å². The van der Waals surface area contributed by atoms with E-state index in [1.807, 2.05) is 0 Å². The predicted octanol–water partition coefficient (Wildman–Crippen LogP) is 0.842. The van der Waals surface area contributed by atoms with Crippen LogP contribution in [-0.4, -0.2) is 37.5 Å². The van der Waals surface area contributed by atoms with Gasteiger partial charge in [-0.05, 0) is 0 Å². The number of aromatic nitrogens is 2. The fourth-order valence-electron chi connectivity index (χ4n) is 0.797. The number of methoxy groups -OCH3 is 2. The zero-order valence-electron chi connectivity index (χ0n) is 7.99. The quantitative estimate of drug-likeness (QED) is 0.708. The summed E-state index contributed by atoms with van der Waals surface area (Å²) in [4.78, 5) is 7.68. The first-order chi connectivity index (χ1) is 6.80. The fourth-order valence-corrected chi connectivity index (χ4v) is 0.797. The van der Waals surface area contributed by atoms with Crippen LogP contribution in [0.5, 0.6) is 17.8 Å². The van der Waals surface area contributed by atoms with Crippen LogP contribution in [0.1, 0.15) is 0 Å². The van der Waals surface area contributed by atoms with Crippen molar-refractivity contribution in [3.05, 3.63) is 6.07 Å². The summed E-state index contributed by atoms with van der Waals surface area (Å²) in [6, 6.07) is 1.58. The molecule has 0 aliphatic rings. The van der Waals surface area contributed by atoms with Crippen LogP contribution in [0, 0.1) is 0 Å². The molecule has 0 fully saturated rings. The van der Waals surface area contributed by atoms with E-state index in [0.717, 1.165) is 0 Å². The molecule has 0 aliphatic heterocycles. The molecule has 1 rings (SSSR count). The minimum atomic E-state index is -0.575. The Labute approximate surface area is 80.8 Å². The Kier molecular flexibility index (Phi) is 3.90. The number of halogens is 1. The van der Waals surface area contributed by atoms with Crippen LogP contribution < -0.4 is 14.2 Å². The van der Waals surface area contributed by atoms with Gasteiger partial charge in [0.1, 0.15) is 13.3 Å². The third-order valence-electron chi connectivity index (χ3n) is 1.38. The molecule has 1 aromatic heterocycles. The second-order valence-corrected chi connectivity index (χ2v) is 2.27. The molecule has 14 heavy (non-hydrogen) atoms. The Morgan fingerprint density at radius 2 is 1.93 bits per heavy atom. The minimum Gasteiger partial charge on any atom is -0.481 e. The summed E-state index contributed by atoms with van der Waals surface area (Å²) < 4.78 is 26.4. The molecule has 0 aliphatic carbocycles. The second-order valence-electron chi connectivity index (χ2n) is 2.27. The first-order valence-corrected chi connectivity index (χ1v) is 3.96. The maximum Gasteiger partial charge on any atom is 0.322 e. The summed E-state index contributed by atoms with van der Waals surface area (Å²) >= 11 is 0. The van der Waals surface area contributed by atoms with Crippen LogP contribution in [0.3, 0.4) is 0 Å². The molecule has 0 aromatic carbocycles. The minimum absolute atomic E-state index is 0.0523. The highest BCUT2D eigenvalue weighted by Gasteiger charge is 2.05. The van der Waals surface area contributed by atoms with E-state index in [4.69, 9.17) is 14.2 Å². The summed E-state index contributed by atoms with van der Waals surface area (Å²) in [7, 11) is 2.88. The molecule has 0 amide bonds. The molecule has 0 unspecified atom stereocenters. The van der Waals surface area contributed by atoms with Crippen LogP contribution in [0.25, 0.3) is 0 Å². The molecule has 0 spiro atoms. The number of ether oxygens (including phenoxy) is 3. The maximum absolute atomic E-state index is 11.8. The van der Waals surface area contributed by atoms with E-state index in [1.165, 1.54) is 20.3 Å². The summed E-state index contributed by atoms with van der Waals surface area (Å²) in [5.74, 6) is 0.539. The van der Waals surface area contributed by atoms with Crippen molar-refractivity contribution < 1.29 is 18.6 Å². The lowest BCUT2D eigenvalue weighted by Gasteiger charge is -2.06. The fraction of sp³-hybridized carbons (Fsp3) is 0.500. The topological polar surface area (TPSA) is 53.5 Å². The standard InChI is InChI=1S/C8H11FN2O3/c1-12-6-5-7(14-4-3-9)11-8(10-6)13-2/h5H,3-4H2,1-2H3. The van der Waals surface area contributed by atoms with E-state index in [0.29, 0.717) is 5.88 Å². The number of alkyl halides is 1. The maximum atomic E-state index is 11.8. The smallest absolute Gasteiger partial charge is 0.322 e. The Bertz CT molecular complexity index is 274. The number of hydrogen-bond donors (Lipinski definition) is 0. The molecule has 0 atom stereocenters. The Balaban J connectivity index is 2.81. The molecule has 78 valence electrons. The zero-order valence-corrected chi connectivity index (χ0v) is 7.99. The lowest BCUT2D eigenvalue weighted by atomic mass is 10.6. The van der Waals surface area contributed by atoms with Crippen molar-refractivity contribution in [2.24, 2.45) is 0 Å². The van der Waals surface area contributed by atoms with E-state index in [-0.39, 0.29) is 18.5 Å². The number of nitrogens with zero attached hydrogens (tertiary/aromatic N) is 2. The van der Waals surface area contributed by atoms with Gasteiger partial charge in [0, 0.05) is 0 Å². The van der Waals surface area contributed by atoms with E-state index in [2.05, 4.69) is 9.97 Å². The summed E-state index contributed by atoms with van der Waals surface area (Å²) in [5.41, 5.74) is 0. The Hall–Kier alpha value is -1.59. The van der Waals surface area contributed by atoms with Crippen molar-refractivity contribution in [3.8, 4) is 17.8 Å². The molecule has 0 saturated carbocycles. The van der Waals surface area contributed by atoms with Crippen LogP contribution in [0.4, 0.5) is 4.39 Å². The molecule has 5 nitrogen and oxygen atoms in total. The lowest BCUT2D eigenvalue weighted by Crippen LogP contribution is -2.03. The van der Waals surface area contributed by atoms with Crippen molar-refractivity contribution >= 4 is 0 Å². The van der Waals surface area contributed by atoms with Gasteiger partial charge >= 0.3 is 6.01 Å². The van der Waals surface area contributed by atoms with Gasteiger partial charge in [-0.15, -0.1) is 0 Å². The van der Waals surface area contributed by atoms with Gasteiger partial charge in [0.15, 0.2) is 0 Å². The summed E-state index contributed by atoms with van der Waals surface area (Å²) in [6.45, 7) is -0.627. The lowest BCUT2D eigenvalue weighted by molar-refractivity contribution is 0.255. The zero-order chi connectivity index (χ0) is 10.4. The van der Waals surface area contributed by atoms with Gasteiger partial charge < -0.3 is 14.2 Å². The molecule has 1 aromatic rings. The molecule has 6 heteroatoms. The normalized spacial score (nSPS) is 9.64. The van der Waals surface area contributed by atoms with E-state index < -0.39 is 6.67 Å². The molecule has 0 radical (unpaired) electrons. The highest BCUT2D eigenvalue weighted by molar-refractivity contribution is 5.22. The van der Waals surface area contributed by atoms with Gasteiger partial charge in [0.25, 0.3) is 0 Å². The van der Waals surface area contributed by atoms with E-state index in [1.54, 1.807) is 0 Å². The molecular formula is C8H11FN2O3. The highest BCUT2D eigenvalue weighted by atomic mass is 19.1. The summed E-state index contributed by atoms with van der Waals surface area (Å²) in [5, 5.41) is 0. The van der Waals surface area contributed by atoms with E-state index >= 15 is 0 Å². The molecule has 1 heterocycles. The van der Waals surface area contributed by atoms with E-state index in [9.17, 15) is 4.39 Å². The summed E-state index contributed by atoms with van der Waals surface area (Å²) in [6.07, 6.45) is 0. The molecule has 0 bridgehead atoms. The van der Waals surface area contributed by atoms with Gasteiger partial charge in [-0.3, -0.25) is 0 Å². The van der Waals surface area contributed by atoms with Crippen LogP contribution in [0.2, 0.25) is 0 Å². The van der Waals surface area contributed by atoms with Crippen LogP contribution in [-0.2, 0) is 0 Å². The van der Waals surface area contributed by atoms with Crippen molar-refractivity contribution in [1.29, 1.82) is 0 Å². The van der Waals surface area contributed by atoms with Gasteiger partial charge in [-0.1, -0.05) is 0 Å². The van der Waals surface area contributed by atoms with Gasteiger partial charge in [0.2, 0.25) is 11.8 Å². The first-order valence-electron chi connectivity index (χ1n) is 3.96. The van der Waals surface area contributed by atoms with Crippen molar-refractivity contribution in [2.75, 3.05) is 27.5 Å². The molecular weight excluding hydrogens is 191 g/mol. The van der Waals surface area contributed by atoms with Crippen LogP contribution >= 0.6 is 0 Å². The van der Waals surface area contributed by atoms with Gasteiger partial charge in [-0.2, -0.15) is 9.97 Å². The Morgan fingerprint density at radius 1 is 1.21 bits per heavy atom. The second kappa shape index (κ2) is 5.21. The monoisotopic (exact) mass is 202 g/mol. The Morgan fingerprint density at radius 3 is 2.50 bits per heavy atom. The van der Waals surface area contributed by atoms with Crippen LogP contribution in [0.15, 0.2) is 6.07 Å². The molecule has 0 saturated heterocycles. The van der Waals surface area contributed by atoms with Gasteiger partial charge in [-0.25, -0.2) is 4.39 Å². The third kappa shape index (κ3) is 2.72. The average molecular weight is 202 g/mol. The SMILES string of the molecule is COc1cc(OCCF)nc(OC)n1. The predicted molar refractivity (Wildman–Crippen MR) is 46.6 cm³/mol. The largest absolute Gasteiger partial charge is 0.481 e. The van der Waals surface area contributed by atoms with Crippen molar-refractivity contribution in [3.63, 3.8) is 0 Å². The van der Waals surface area contributed by atoms with Crippen molar-refractivity contribution in [2.45, 2.75) is 0 Å². The van der Waals surface area contributed by atoms with Crippen molar-refractivity contribution in [1.82, 2.24) is 9.97 Å². The first kappa shape index (κ1) is 10.5. The number of rotatable bonds is 5. The third-order valence-corrected chi connectivity index (χ3v) is 1.38. The molecule has 0 N–H and O–H groups in total.